The van der Waals surface area contributed by atoms with Crippen molar-refractivity contribution in [3.8, 4) is 0 Å². The standard InChI is InChI=1S/C12H12F2O3/c1-6-4-9(14)7(5-8(6)13)12(2-3-12)10(15)11(16)17/h4-5,10,15H,2-3H2,1H3,(H,16,17). The highest BCUT2D eigenvalue weighted by atomic mass is 19.1. The van der Waals surface area contributed by atoms with Crippen molar-refractivity contribution in [3.63, 3.8) is 0 Å². The Labute approximate surface area is 96.7 Å². The number of carboxylic acid groups (broad SMARTS) is 1. The van der Waals surface area contributed by atoms with Gasteiger partial charge < -0.3 is 10.2 Å². The summed E-state index contributed by atoms with van der Waals surface area (Å²) < 4.78 is 27.1. The minimum atomic E-state index is -1.70. The summed E-state index contributed by atoms with van der Waals surface area (Å²) in [7, 11) is 0. The Morgan fingerprint density at radius 3 is 2.41 bits per heavy atom. The lowest BCUT2D eigenvalue weighted by Crippen LogP contribution is -2.34. The Balaban J connectivity index is 2.47. The molecule has 0 bridgehead atoms. The van der Waals surface area contributed by atoms with Gasteiger partial charge >= 0.3 is 5.97 Å². The van der Waals surface area contributed by atoms with Crippen molar-refractivity contribution in [2.24, 2.45) is 0 Å². The van der Waals surface area contributed by atoms with Crippen molar-refractivity contribution < 1.29 is 23.8 Å². The molecule has 1 unspecified atom stereocenters. The van der Waals surface area contributed by atoms with Gasteiger partial charge in [-0.25, -0.2) is 13.6 Å². The van der Waals surface area contributed by atoms with Crippen LogP contribution in [0.5, 0.6) is 0 Å². The second kappa shape index (κ2) is 3.77. The van der Waals surface area contributed by atoms with Crippen LogP contribution in [0.1, 0.15) is 24.0 Å². The first-order valence-corrected chi connectivity index (χ1v) is 5.25. The zero-order valence-electron chi connectivity index (χ0n) is 9.20. The number of hydrogen-bond donors (Lipinski definition) is 2. The molecule has 1 aromatic carbocycles. The molecule has 1 aliphatic rings. The summed E-state index contributed by atoms with van der Waals surface area (Å²) >= 11 is 0. The lowest BCUT2D eigenvalue weighted by Gasteiger charge is -2.20. The molecule has 3 nitrogen and oxygen atoms in total. The maximum atomic E-state index is 13.7. The quantitative estimate of drug-likeness (QED) is 0.849. The van der Waals surface area contributed by atoms with Gasteiger partial charge in [-0.05, 0) is 37.5 Å². The van der Waals surface area contributed by atoms with E-state index in [0.717, 1.165) is 12.1 Å². The zero-order valence-corrected chi connectivity index (χ0v) is 9.20. The van der Waals surface area contributed by atoms with Crippen molar-refractivity contribution >= 4 is 5.97 Å². The van der Waals surface area contributed by atoms with Gasteiger partial charge in [0, 0.05) is 11.0 Å². The fraction of sp³-hybridized carbons (Fsp3) is 0.417. The van der Waals surface area contributed by atoms with Crippen LogP contribution in [-0.2, 0) is 10.2 Å². The van der Waals surface area contributed by atoms with E-state index < -0.39 is 29.1 Å². The molecule has 2 N–H and O–H groups in total. The van der Waals surface area contributed by atoms with Crippen molar-refractivity contribution in [3.05, 3.63) is 34.9 Å². The van der Waals surface area contributed by atoms with Gasteiger partial charge in [0.1, 0.15) is 11.6 Å². The van der Waals surface area contributed by atoms with Gasteiger partial charge in [-0.3, -0.25) is 0 Å². The fourth-order valence-electron chi connectivity index (χ4n) is 2.09. The SMILES string of the molecule is Cc1cc(F)c(C2(C(O)C(=O)O)CC2)cc1F. The van der Waals surface area contributed by atoms with E-state index in [1.165, 1.54) is 6.92 Å². The van der Waals surface area contributed by atoms with E-state index in [1.54, 1.807) is 0 Å². The molecular weight excluding hydrogens is 230 g/mol. The molecule has 17 heavy (non-hydrogen) atoms. The molecular formula is C12H12F2O3. The minimum Gasteiger partial charge on any atom is -0.479 e. The molecule has 0 radical (unpaired) electrons. The van der Waals surface area contributed by atoms with E-state index in [9.17, 15) is 18.7 Å². The maximum absolute atomic E-state index is 13.7. The largest absolute Gasteiger partial charge is 0.479 e. The zero-order chi connectivity index (χ0) is 12.8. The summed E-state index contributed by atoms with van der Waals surface area (Å²) in [5.74, 6) is -2.67. The second-order valence-corrected chi connectivity index (χ2v) is 4.48. The van der Waals surface area contributed by atoms with Crippen molar-refractivity contribution in [2.45, 2.75) is 31.3 Å². The smallest absolute Gasteiger partial charge is 0.333 e. The van der Waals surface area contributed by atoms with Crippen LogP contribution in [0.25, 0.3) is 0 Å². The lowest BCUT2D eigenvalue weighted by molar-refractivity contribution is -0.148. The van der Waals surface area contributed by atoms with Gasteiger partial charge in [0.25, 0.3) is 0 Å². The number of rotatable bonds is 3. The number of carboxylic acids is 1. The highest BCUT2D eigenvalue weighted by Crippen LogP contribution is 2.52. The second-order valence-electron chi connectivity index (χ2n) is 4.48. The minimum absolute atomic E-state index is 0.0458. The summed E-state index contributed by atoms with van der Waals surface area (Å²) in [5.41, 5.74) is -1.05. The summed E-state index contributed by atoms with van der Waals surface area (Å²) in [4.78, 5) is 10.8. The topological polar surface area (TPSA) is 57.5 Å². The number of benzene rings is 1. The van der Waals surface area contributed by atoms with Crippen LogP contribution in [0.4, 0.5) is 8.78 Å². The maximum Gasteiger partial charge on any atom is 0.333 e. The normalized spacial score (nSPS) is 18.8. The van der Waals surface area contributed by atoms with Gasteiger partial charge in [-0.15, -0.1) is 0 Å². The fourth-order valence-corrected chi connectivity index (χ4v) is 2.09. The van der Waals surface area contributed by atoms with Crippen molar-refractivity contribution in [2.75, 3.05) is 0 Å². The van der Waals surface area contributed by atoms with E-state index in [2.05, 4.69) is 0 Å². The van der Waals surface area contributed by atoms with Crippen LogP contribution >= 0.6 is 0 Å². The predicted molar refractivity (Wildman–Crippen MR) is 55.6 cm³/mol. The molecule has 92 valence electrons. The molecule has 0 amide bonds. The number of aliphatic hydroxyl groups is 1. The molecule has 0 heterocycles. The summed E-state index contributed by atoms with van der Waals surface area (Å²) in [6.07, 6.45) is -1.00. The Morgan fingerprint density at radius 1 is 1.35 bits per heavy atom. The third kappa shape index (κ3) is 1.80. The number of carbonyl (C=O) groups is 1. The van der Waals surface area contributed by atoms with E-state index in [4.69, 9.17) is 5.11 Å². The first-order valence-electron chi connectivity index (χ1n) is 5.25. The van der Waals surface area contributed by atoms with Crippen LogP contribution in [0.2, 0.25) is 0 Å². The monoisotopic (exact) mass is 242 g/mol. The third-order valence-electron chi connectivity index (χ3n) is 3.33. The molecule has 1 aromatic rings. The molecule has 0 saturated heterocycles. The molecule has 0 aliphatic heterocycles. The van der Waals surface area contributed by atoms with Crippen LogP contribution in [0.15, 0.2) is 12.1 Å². The Bertz CT molecular complexity index is 481. The van der Waals surface area contributed by atoms with Crippen molar-refractivity contribution in [1.82, 2.24) is 0 Å². The first-order chi connectivity index (χ1) is 7.88. The molecule has 1 atom stereocenters. The van der Waals surface area contributed by atoms with Gasteiger partial charge in [0.05, 0.1) is 0 Å². The molecule has 0 aromatic heterocycles. The molecule has 1 aliphatic carbocycles. The van der Waals surface area contributed by atoms with Gasteiger partial charge in [-0.2, -0.15) is 0 Å². The number of halogens is 2. The molecule has 2 rings (SSSR count). The van der Waals surface area contributed by atoms with E-state index >= 15 is 0 Å². The highest BCUT2D eigenvalue weighted by molar-refractivity contribution is 5.75. The van der Waals surface area contributed by atoms with Crippen LogP contribution in [0, 0.1) is 18.6 Å². The van der Waals surface area contributed by atoms with Gasteiger partial charge in [0.2, 0.25) is 0 Å². The van der Waals surface area contributed by atoms with E-state index in [1.807, 2.05) is 0 Å². The van der Waals surface area contributed by atoms with Crippen LogP contribution in [0.3, 0.4) is 0 Å². The van der Waals surface area contributed by atoms with Crippen LogP contribution in [-0.4, -0.2) is 22.3 Å². The van der Waals surface area contributed by atoms with Crippen LogP contribution < -0.4 is 0 Å². The molecule has 1 fully saturated rings. The van der Waals surface area contributed by atoms with E-state index in [0.29, 0.717) is 12.8 Å². The molecule has 1 saturated carbocycles. The molecule has 0 spiro atoms. The number of aliphatic hydroxyl groups excluding tert-OH is 1. The summed E-state index contributed by atoms with van der Waals surface area (Å²) in [6, 6.07) is 2.02. The Hall–Kier alpha value is -1.49. The number of aliphatic carboxylic acids is 1. The lowest BCUT2D eigenvalue weighted by atomic mass is 9.88. The molecule has 5 heteroatoms. The predicted octanol–water partition coefficient (Wildman–Crippen LogP) is 1.75. The Morgan fingerprint density at radius 2 is 1.94 bits per heavy atom. The Kier molecular flexibility index (Phi) is 2.66. The average Bonchev–Trinajstić information content (AvgIpc) is 3.03. The van der Waals surface area contributed by atoms with Crippen molar-refractivity contribution in [1.29, 1.82) is 0 Å². The third-order valence-corrected chi connectivity index (χ3v) is 3.33. The number of aryl methyl sites for hydroxylation is 1. The first kappa shape index (κ1) is 12.0. The average molecular weight is 242 g/mol. The van der Waals surface area contributed by atoms with Gasteiger partial charge in [0.15, 0.2) is 6.10 Å². The summed E-state index contributed by atoms with van der Waals surface area (Å²) in [6.45, 7) is 1.43. The number of hydrogen-bond acceptors (Lipinski definition) is 2. The highest BCUT2D eigenvalue weighted by Gasteiger charge is 2.55. The summed E-state index contributed by atoms with van der Waals surface area (Å²) in [5, 5.41) is 18.3. The van der Waals surface area contributed by atoms with Gasteiger partial charge in [-0.1, -0.05) is 0 Å². The van der Waals surface area contributed by atoms with E-state index in [-0.39, 0.29) is 11.1 Å².